The van der Waals surface area contributed by atoms with Crippen LogP contribution in [0.2, 0.25) is 0 Å². The number of hydrogen-bond donors (Lipinski definition) is 3. The summed E-state index contributed by atoms with van der Waals surface area (Å²) in [4.78, 5) is 34.6. The zero-order valence-electron chi connectivity index (χ0n) is 12.3. The average molecular weight is 301 g/mol. The van der Waals surface area contributed by atoms with Crippen molar-refractivity contribution in [2.24, 2.45) is 0 Å². The van der Waals surface area contributed by atoms with Crippen LogP contribution in [0.5, 0.6) is 0 Å². The van der Waals surface area contributed by atoms with Gasteiger partial charge in [-0.3, -0.25) is 9.59 Å². The van der Waals surface area contributed by atoms with E-state index in [9.17, 15) is 14.4 Å². The number of nitrogens with one attached hydrogen (secondary N) is 2. The smallest absolute Gasteiger partial charge is 0.317 e. The van der Waals surface area contributed by atoms with Crippen molar-refractivity contribution in [2.75, 3.05) is 32.8 Å². The molecule has 0 aromatic rings. The maximum absolute atomic E-state index is 11.8. The van der Waals surface area contributed by atoms with Crippen LogP contribution in [0.3, 0.4) is 0 Å². The highest BCUT2D eigenvalue weighted by atomic mass is 16.5. The lowest BCUT2D eigenvalue weighted by molar-refractivity contribution is -0.138. The van der Waals surface area contributed by atoms with E-state index in [-0.39, 0.29) is 31.1 Å². The number of nitrogens with zero attached hydrogens (tertiary/aromatic N) is 1. The van der Waals surface area contributed by atoms with Gasteiger partial charge in [0.05, 0.1) is 19.1 Å². The van der Waals surface area contributed by atoms with Gasteiger partial charge in [0.25, 0.3) is 0 Å². The van der Waals surface area contributed by atoms with Gasteiger partial charge in [0.15, 0.2) is 0 Å². The quantitative estimate of drug-likeness (QED) is 0.564. The Morgan fingerprint density at radius 3 is 2.38 bits per heavy atom. The fraction of sp³-hybridized carbons (Fsp3) is 0.769. The van der Waals surface area contributed by atoms with Crippen LogP contribution in [0, 0.1) is 0 Å². The predicted molar refractivity (Wildman–Crippen MR) is 74.9 cm³/mol. The molecule has 1 aliphatic rings. The first-order valence-corrected chi connectivity index (χ1v) is 7.09. The summed E-state index contributed by atoms with van der Waals surface area (Å²) in [7, 11) is 0. The van der Waals surface area contributed by atoms with Crippen LogP contribution in [0.4, 0.5) is 4.79 Å². The maximum atomic E-state index is 11.8. The lowest BCUT2D eigenvalue weighted by atomic mass is 10.1. The SMILES string of the molecule is CC(=O)NCCNC(=O)N1CCC(OCCC(=O)O)CC1. The van der Waals surface area contributed by atoms with Crippen molar-refractivity contribution in [2.45, 2.75) is 32.3 Å². The Morgan fingerprint density at radius 2 is 1.81 bits per heavy atom. The number of carboxylic acids is 1. The third-order valence-corrected chi connectivity index (χ3v) is 3.17. The third kappa shape index (κ3) is 7.50. The number of carboxylic acid groups (broad SMARTS) is 1. The number of piperidine rings is 1. The van der Waals surface area contributed by atoms with E-state index in [0.29, 0.717) is 39.0 Å². The largest absolute Gasteiger partial charge is 0.481 e. The molecular weight excluding hydrogens is 278 g/mol. The van der Waals surface area contributed by atoms with Crippen molar-refractivity contribution in [1.29, 1.82) is 0 Å². The fourth-order valence-electron chi connectivity index (χ4n) is 2.06. The molecule has 0 atom stereocenters. The number of amides is 3. The van der Waals surface area contributed by atoms with Crippen molar-refractivity contribution in [3.8, 4) is 0 Å². The molecule has 3 N–H and O–H groups in total. The molecule has 1 rings (SSSR count). The number of urea groups is 1. The topological polar surface area (TPSA) is 108 Å². The Balaban J connectivity index is 2.12. The first kappa shape index (κ1) is 17.2. The van der Waals surface area contributed by atoms with Gasteiger partial charge >= 0.3 is 12.0 Å². The van der Waals surface area contributed by atoms with Gasteiger partial charge in [-0.15, -0.1) is 0 Å². The van der Waals surface area contributed by atoms with E-state index >= 15 is 0 Å². The van der Waals surface area contributed by atoms with Gasteiger partial charge in [0.2, 0.25) is 5.91 Å². The van der Waals surface area contributed by atoms with Crippen molar-refractivity contribution < 1.29 is 24.2 Å². The summed E-state index contributed by atoms with van der Waals surface area (Å²) in [5, 5.41) is 13.9. The normalized spacial score (nSPS) is 15.6. The van der Waals surface area contributed by atoms with Gasteiger partial charge in [-0.1, -0.05) is 0 Å². The molecule has 1 aliphatic heterocycles. The summed E-state index contributed by atoms with van der Waals surface area (Å²) in [6.45, 7) is 3.62. The first-order valence-electron chi connectivity index (χ1n) is 7.09. The molecule has 0 spiro atoms. The van der Waals surface area contributed by atoms with Crippen molar-refractivity contribution in [1.82, 2.24) is 15.5 Å². The second-order valence-corrected chi connectivity index (χ2v) is 4.92. The van der Waals surface area contributed by atoms with E-state index in [1.807, 2.05) is 0 Å². The molecule has 8 nitrogen and oxygen atoms in total. The van der Waals surface area contributed by atoms with Crippen molar-refractivity contribution >= 4 is 17.9 Å². The molecule has 3 amide bonds. The Hall–Kier alpha value is -1.83. The van der Waals surface area contributed by atoms with Crippen LogP contribution in [-0.2, 0) is 14.3 Å². The molecule has 0 saturated carbocycles. The maximum Gasteiger partial charge on any atom is 0.317 e. The summed E-state index contributed by atoms with van der Waals surface area (Å²) in [6.07, 6.45) is 1.44. The summed E-state index contributed by atoms with van der Waals surface area (Å²) in [5.41, 5.74) is 0. The van der Waals surface area contributed by atoms with Crippen molar-refractivity contribution in [3.05, 3.63) is 0 Å². The van der Waals surface area contributed by atoms with E-state index in [0.717, 1.165) is 0 Å². The average Bonchev–Trinajstić information content (AvgIpc) is 2.43. The van der Waals surface area contributed by atoms with Crippen LogP contribution in [0.1, 0.15) is 26.2 Å². The minimum atomic E-state index is -0.869. The zero-order valence-corrected chi connectivity index (χ0v) is 12.3. The third-order valence-electron chi connectivity index (χ3n) is 3.17. The molecule has 0 aromatic heterocycles. The standard InChI is InChI=1S/C13H23N3O5/c1-10(17)14-5-6-15-13(20)16-7-2-11(3-8-16)21-9-4-12(18)19/h11H,2-9H2,1H3,(H,14,17)(H,15,20)(H,18,19). The summed E-state index contributed by atoms with van der Waals surface area (Å²) < 4.78 is 5.46. The molecule has 1 fully saturated rings. The lowest BCUT2D eigenvalue weighted by Crippen LogP contribution is -2.47. The molecule has 1 saturated heterocycles. The summed E-state index contributed by atoms with van der Waals surface area (Å²) in [6, 6.07) is -0.149. The predicted octanol–water partition coefficient (Wildman–Crippen LogP) is -0.212. The van der Waals surface area contributed by atoms with E-state index in [1.54, 1.807) is 4.90 Å². The van der Waals surface area contributed by atoms with Crippen LogP contribution in [-0.4, -0.2) is 66.8 Å². The molecule has 21 heavy (non-hydrogen) atoms. The van der Waals surface area contributed by atoms with Crippen LogP contribution in [0.15, 0.2) is 0 Å². The molecule has 120 valence electrons. The van der Waals surface area contributed by atoms with Crippen molar-refractivity contribution in [3.63, 3.8) is 0 Å². The van der Waals surface area contributed by atoms with E-state index in [4.69, 9.17) is 9.84 Å². The van der Waals surface area contributed by atoms with E-state index < -0.39 is 5.97 Å². The highest BCUT2D eigenvalue weighted by Crippen LogP contribution is 2.13. The second-order valence-electron chi connectivity index (χ2n) is 4.92. The van der Waals surface area contributed by atoms with E-state index in [1.165, 1.54) is 6.92 Å². The van der Waals surface area contributed by atoms with Crippen LogP contribution >= 0.6 is 0 Å². The Labute approximate surface area is 123 Å². The van der Waals surface area contributed by atoms with Gasteiger partial charge in [0.1, 0.15) is 0 Å². The second kappa shape index (κ2) is 9.17. The van der Waals surface area contributed by atoms with Gasteiger partial charge in [-0.2, -0.15) is 0 Å². The molecule has 0 aliphatic carbocycles. The fourth-order valence-corrected chi connectivity index (χ4v) is 2.06. The lowest BCUT2D eigenvalue weighted by Gasteiger charge is -2.31. The molecule has 0 aromatic carbocycles. The number of rotatable bonds is 7. The minimum absolute atomic E-state index is 0.00382. The Morgan fingerprint density at radius 1 is 1.19 bits per heavy atom. The number of carbonyl (C=O) groups is 3. The van der Waals surface area contributed by atoms with Gasteiger partial charge in [-0.25, -0.2) is 4.79 Å². The first-order chi connectivity index (χ1) is 9.99. The Bertz CT molecular complexity index is 367. The molecule has 0 unspecified atom stereocenters. The molecule has 0 radical (unpaired) electrons. The number of ether oxygens (including phenoxy) is 1. The highest BCUT2D eigenvalue weighted by molar-refractivity contribution is 5.75. The van der Waals surface area contributed by atoms with E-state index in [2.05, 4.69) is 10.6 Å². The van der Waals surface area contributed by atoms with Gasteiger partial charge in [-0.05, 0) is 12.8 Å². The van der Waals surface area contributed by atoms with Gasteiger partial charge < -0.3 is 25.4 Å². The molecule has 1 heterocycles. The number of aliphatic carboxylic acids is 1. The molecule has 0 bridgehead atoms. The number of likely N-dealkylation sites (tertiary alicyclic amines) is 1. The number of hydrogen-bond acceptors (Lipinski definition) is 4. The molecular formula is C13H23N3O5. The molecule has 8 heteroatoms. The van der Waals surface area contributed by atoms with Crippen LogP contribution in [0.25, 0.3) is 0 Å². The summed E-state index contributed by atoms with van der Waals surface area (Å²) >= 11 is 0. The number of carbonyl (C=O) groups excluding carboxylic acids is 2. The van der Waals surface area contributed by atoms with Crippen LogP contribution < -0.4 is 10.6 Å². The zero-order chi connectivity index (χ0) is 15.7. The minimum Gasteiger partial charge on any atom is -0.481 e. The summed E-state index contributed by atoms with van der Waals surface area (Å²) in [5.74, 6) is -0.991. The van der Waals surface area contributed by atoms with Gasteiger partial charge in [0, 0.05) is 33.1 Å². The Kier molecular flexibility index (Phi) is 7.52. The highest BCUT2D eigenvalue weighted by Gasteiger charge is 2.22. The monoisotopic (exact) mass is 301 g/mol.